The van der Waals surface area contributed by atoms with Crippen LogP contribution in [0.25, 0.3) is 10.4 Å². The summed E-state index contributed by atoms with van der Waals surface area (Å²) in [6.45, 7) is 3.98. The first-order valence-corrected chi connectivity index (χ1v) is 9.37. The van der Waals surface area contributed by atoms with E-state index in [0.29, 0.717) is 17.2 Å². The SMILES string of the molecule is Cc1cc(Cl)ccc1N/N=C(\C=N)Cc1nc(C)c(-c2ccccc2)s1. The van der Waals surface area contributed by atoms with E-state index in [1.165, 1.54) is 6.21 Å². The topological polar surface area (TPSA) is 61.1 Å². The number of anilines is 1. The number of nitrogens with one attached hydrogen (secondary N) is 2. The first-order chi connectivity index (χ1) is 12.6. The van der Waals surface area contributed by atoms with E-state index in [2.05, 4.69) is 27.6 Å². The summed E-state index contributed by atoms with van der Waals surface area (Å²) in [5.41, 5.74) is 7.67. The Labute approximate surface area is 162 Å². The second-order valence-electron chi connectivity index (χ2n) is 5.88. The molecule has 26 heavy (non-hydrogen) atoms. The van der Waals surface area contributed by atoms with Crippen molar-refractivity contribution in [1.29, 1.82) is 5.41 Å². The second-order valence-corrected chi connectivity index (χ2v) is 7.40. The fourth-order valence-electron chi connectivity index (χ4n) is 2.55. The summed E-state index contributed by atoms with van der Waals surface area (Å²) in [5.74, 6) is 0. The summed E-state index contributed by atoms with van der Waals surface area (Å²) >= 11 is 7.62. The molecule has 132 valence electrons. The first kappa shape index (κ1) is 18.3. The van der Waals surface area contributed by atoms with Crippen LogP contribution in [0.2, 0.25) is 5.02 Å². The minimum absolute atomic E-state index is 0.515. The number of benzene rings is 2. The number of hydrazone groups is 1. The lowest BCUT2D eigenvalue weighted by Crippen LogP contribution is -2.07. The van der Waals surface area contributed by atoms with Gasteiger partial charge in [-0.25, -0.2) is 4.98 Å². The highest BCUT2D eigenvalue weighted by Gasteiger charge is 2.11. The Kier molecular flexibility index (Phi) is 5.81. The summed E-state index contributed by atoms with van der Waals surface area (Å²) in [6, 6.07) is 15.8. The third kappa shape index (κ3) is 4.36. The molecule has 0 amide bonds. The Morgan fingerprint density at radius 1 is 1.23 bits per heavy atom. The van der Waals surface area contributed by atoms with Gasteiger partial charge in [-0.1, -0.05) is 41.9 Å². The largest absolute Gasteiger partial charge is 0.307 e. The lowest BCUT2D eigenvalue weighted by atomic mass is 10.2. The van der Waals surface area contributed by atoms with Crippen molar-refractivity contribution in [3.63, 3.8) is 0 Å². The van der Waals surface area contributed by atoms with E-state index < -0.39 is 0 Å². The van der Waals surface area contributed by atoms with Crippen LogP contribution in [-0.2, 0) is 6.42 Å². The second kappa shape index (κ2) is 8.25. The van der Waals surface area contributed by atoms with Gasteiger partial charge in [-0.15, -0.1) is 11.3 Å². The lowest BCUT2D eigenvalue weighted by Gasteiger charge is -2.06. The van der Waals surface area contributed by atoms with Gasteiger partial charge in [0, 0.05) is 17.7 Å². The number of nitrogens with zero attached hydrogens (tertiary/aromatic N) is 2. The van der Waals surface area contributed by atoms with E-state index in [9.17, 15) is 0 Å². The van der Waals surface area contributed by atoms with Crippen molar-refractivity contribution in [2.45, 2.75) is 20.3 Å². The van der Waals surface area contributed by atoms with Crippen LogP contribution in [0.4, 0.5) is 5.69 Å². The molecule has 2 aromatic carbocycles. The van der Waals surface area contributed by atoms with Crippen LogP contribution in [0.1, 0.15) is 16.3 Å². The van der Waals surface area contributed by atoms with E-state index in [1.54, 1.807) is 11.3 Å². The average Bonchev–Trinajstić information content (AvgIpc) is 3.01. The van der Waals surface area contributed by atoms with Crippen molar-refractivity contribution in [1.82, 2.24) is 4.98 Å². The highest BCUT2D eigenvalue weighted by Crippen LogP contribution is 2.30. The lowest BCUT2D eigenvalue weighted by molar-refractivity contribution is 1.15. The molecule has 0 radical (unpaired) electrons. The molecule has 0 bridgehead atoms. The Hall–Kier alpha value is -2.50. The molecule has 3 rings (SSSR count). The molecular formula is C20H19ClN4S. The molecule has 3 aromatic rings. The van der Waals surface area contributed by atoms with Gasteiger partial charge in [0.15, 0.2) is 0 Å². The summed E-state index contributed by atoms with van der Waals surface area (Å²) in [4.78, 5) is 5.81. The highest BCUT2D eigenvalue weighted by molar-refractivity contribution is 7.15. The van der Waals surface area contributed by atoms with Gasteiger partial charge in [-0.2, -0.15) is 5.10 Å². The van der Waals surface area contributed by atoms with Crippen molar-refractivity contribution in [2.75, 3.05) is 5.43 Å². The maximum atomic E-state index is 7.65. The minimum Gasteiger partial charge on any atom is -0.307 e. The van der Waals surface area contributed by atoms with Gasteiger partial charge in [0.05, 0.1) is 27.0 Å². The van der Waals surface area contributed by atoms with Crippen LogP contribution in [0.15, 0.2) is 53.6 Å². The maximum Gasteiger partial charge on any atom is 0.0995 e. The van der Waals surface area contributed by atoms with Crippen molar-refractivity contribution in [2.24, 2.45) is 5.10 Å². The highest BCUT2D eigenvalue weighted by atomic mass is 35.5. The van der Waals surface area contributed by atoms with Gasteiger partial charge >= 0.3 is 0 Å². The summed E-state index contributed by atoms with van der Waals surface area (Å²) in [7, 11) is 0. The van der Waals surface area contributed by atoms with Crippen LogP contribution in [0.3, 0.4) is 0 Å². The molecule has 0 saturated carbocycles. The Balaban J connectivity index is 1.77. The van der Waals surface area contributed by atoms with Crippen molar-refractivity contribution < 1.29 is 0 Å². The smallest absolute Gasteiger partial charge is 0.0995 e. The molecule has 0 aliphatic heterocycles. The van der Waals surface area contributed by atoms with E-state index >= 15 is 0 Å². The van der Waals surface area contributed by atoms with Gasteiger partial charge in [0.25, 0.3) is 0 Å². The minimum atomic E-state index is 0.515. The number of rotatable bonds is 6. The number of aryl methyl sites for hydroxylation is 2. The van der Waals surface area contributed by atoms with Gasteiger partial charge < -0.3 is 5.41 Å². The predicted molar refractivity (Wildman–Crippen MR) is 112 cm³/mol. The summed E-state index contributed by atoms with van der Waals surface area (Å²) in [6.07, 6.45) is 1.78. The molecule has 2 N–H and O–H groups in total. The first-order valence-electron chi connectivity index (χ1n) is 8.17. The molecule has 1 heterocycles. The monoisotopic (exact) mass is 382 g/mol. The molecule has 0 saturated heterocycles. The zero-order valence-electron chi connectivity index (χ0n) is 14.6. The average molecular weight is 383 g/mol. The zero-order valence-corrected chi connectivity index (χ0v) is 16.2. The van der Waals surface area contributed by atoms with E-state index in [-0.39, 0.29) is 0 Å². The quantitative estimate of drug-likeness (QED) is 0.421. The molecule has 0 spiro atoms. The van der Waals surface area contributed by atoms with E-state index in [1.807, 2.05) is 50.2 Å². The van der Waals surface area contributed by atoms with Crippen LogP contribution in [0, 0.1) is 19.3 Å². The van der Waals surface area contributed by atoms with Gasteiger partial charge in [-0.05, 0) is 43.2 Å². The molecule has 0 aliphatic rings. The molecule has 0 unspecified atom stereocenters. The molecule has 0 fully saturated rings. The summed E-state index contributed by atoms with van der Waals surface area (Å²) < 4.78 is 0. The third-order valence-electron chi connectivity index (χ3n) is 3.88. The van der Waals surface area contributed by atoms with Crippen LogP contribution < -0.4 is 5.43 Å². The van der Waals surface area contributed by atoms with E-state index in [0.717, 1.165) is 32.4 Å². The van der Waals surface area contributed by atoms with Gasteiger partial charge in [-0.3, -0.25) is 5.43 Å². The molecule has 0 atom stereocenters. The van der Waals surface area contributed by atoms with Gasteiger partial charge in [0.2, 0.25) is 0 Å². The number of thiazole rings is 1. The molecule has 1 aromatic heterocycles. The number of hydrogen-bond acceptors (Lipinski definition) is 5. The summed E-state index contributed by atoms with van der Waals surface area (Å²) in [5, 5.41) is 13.6. The van der Waals surface area contributed by atoms with Crippen molar-refractivity contribution in [3.05, 3.63) is 69.8 Å². The predicted octanol–water partition coefficient (Wildman–Crippen LogP) is 5.74. The fourth-order valence-corrected chi connectivity index (χ4v) is 3.86. The fraction of sp³-hybridized carbons (Fsp3) is 0.150. The molecular weight excluding hydrogens is 364 g/mol. The van der Waals surface area contributed by atoms with Crippen LogP contribution in [-0.4, -0.2) is 16.9 Å². The Morgan fingerprint density at radius 2 is 2.00 bits per heavy atom. The Morgan fingerprint density at radius 3 is 2.69 bits per heavy atom. The molecule has 6 heteroatoms. The number of aromatic nitrogens is 1. The normalized spacial score (nSPS) is 11.4. The van der Waals surface area contributed by atoms with Crippen LogP contribution in [0.5, 0.6) is 0 Å². The Bertz CT molecular complexity index is 948. The standard InChI is InChI=1S/C20H19ClN4S/c1-13-10-16(21)8-9-18(13)25-24-17(12-22)11-19-23-14(2)20(26-19)15-6-4-3-5-7-15/h3-10,12,22,25H,11H2,1-2H3/b22-12?,24-17-. The molecule has 4 nitrogen and oxygen atoms in total. The van der Waals surface area contributed by atoms with E-state index in [4.69, 9.17) is 17.0 Å². The zero-order chi connectivity index (χ0) is 18.5. The van der Waals surface area contributed by atoms with Crippen molar-refractivity contribution >= 4 is 40.6 Å². The van der Waals surface area contributed by atoms with Crippen LogP contribution >= 0.6 is 22.9 Å². The number of hydrogen-bond donors (Lipinski definition) is 2. The molecule has 0 aliphatic carbocycles. The number of halogens is 1. The maximum absolute atomic E-state index is 7.65. The van der Waals surface area contributed by atoms with Crippen molar-refractivity contribution in [3.8, 4) is 10.4 Å². The third-order valence-corrected chi connectivity index (χ3v) is 5.33. The van der Waals surface area contributed by atoms with Gasteiger partial charge in [0.1, 0.15) is 0 Å².